The molecule has 28 heavy (non-hydrogen) atoms. The summed E-state index contributed by atoms with van der Waals surface area (Å²) in [5, 5.41) is 0. The molecule has 1 N–H and O–H groups in total. The van der Waals surface area contributed by atoms with Crippen LogP contribution in [0.15, 0.2) is 42.5 Å². The predicted octanol–water partition coefficient (Wildman–Crippen LogP) is 7.15. The van der Waals surface area contributed by atoms with Crippen LogP contribution in [0.1, 0.15) is 49.1 Å². The summed E-state index contributed by atoms with van der Waals surface area (Å²) in [6.07, 6.45) is 6.13. The first kappa shape index (κ1) is 18.8. The fourth-order valence-electron chi connectivity index (χ4n) is 4.08. The first-order valence-corrected chi connectivity index (χ1v) is 9.77. The van der Waals surface area contributed by atoms with Gasteiger partial charge in [0.1, 0.15) is 5.82 Å². The molecule has 5 heteroatoms. The molecule has 1 heterocycles. The van der Waals surface area contributed by atoms with Gasteiger partial charge in [-0.3, -0.25) is 0 Å². The lowest BCUT2D eigenvalue weighted by Crippen LogP contribution is -2.06. The molecule has 2 aromatic carbocycles. The number of allylic oxidation sites excluding steroid dienone is 1. The Kier molecular flexibility index (Phi) is 5.00. The van der Waals surface area contributed by atoms with Crippen LogP contribution in [0.2, 0.25) is 0 Å². The van der Waals surface area contributed by atoms with Gasteiger partial charge < -0.3 is 4.98 Å². The zero-order valence-electron chi connectivity index (χ0n) is 15.8. The van der Waals surface area contributed by atoms with E-state index < -0.39 is 11.7 Å². The Morgan fingerprint density at radius 1 is 1.07 bits per heavy atom. The molecule has 1 saturated carbocycles. The summed E-state index contributed by atoms with van der Waals surface area (Å²) < 4.78 is 40.2. The highest BCUT2D eigenvalue weighted by atomic mass is 19.4. The highest BCUT2D eigenvalue weighted by Crippen LogP contribution is 2.38. The van der Waals surface area contributed by atoms with Crippen molar-refractivity contribution in [2.45, 2.75) is 45.2 Å². The molecule has 0 unspecified atom stereocenters. The van der Waals surface area contributed by atoms with E-state index in [1.54, 1.807) is 18.2 Å². The van der Waals surface area contributed by atoms with Crippen molar-refractivity contribution < 1.29 is 13.2 Å². The third-order valence-electron chi connectivity index (χ3n) is 5.53. The van der Waals surface area contributed by atoms with Crippen LogP contribution in [0, 0.1) is 12.8 Å². The van der Waals surface area contributed by atoms with E-state index in [0.29, 0.717) is 17.0 Å². The maximum Gasteiger partial charge on any atom is 0.417 e. The van der Waals surface area contributed by atoms with Crippen LogP contribution < -0.4 is 0 Å². The number of nitrogens with zero attached hydrogens (tertiary/aromatic N) is 1. The Morgan fingerprint density at radius 2 is 1.82 bits per heavy atom. The fraction of sp³-hybridized carbons (Fsp3) is 0.348. The van der Waals surface area contributed by atoms with Gasteiger partial charge in [-0.2, -0.15) is 13.2 Å². The molecular weight excluding hydrogens is 361 g/mol. The number of hydrogen-bond donors (Lipinski definition) is 1. The van der Waals surface area contributed by atoms with Crippen molar-refractivity contribution in [3.63, 3.8) is 0 Å². The molecule has 0 aliphatic heterocycles. The number of fused-ring (bicyclic) bond motifs is 1. The molecule has 0 saturated heterocycles. The molecule has 3 aromatic rings. The van der Waals surface area contributed by atoms with E-state index in [1.165, 1.54) is 44.2 Å². The largest absolute Gasteiger partial charge is 0.417 e. The minimum atomic E-state index is -4.39. The number of halogens is 3. The van der Waals surface area contributed by atoms with Gasteiger partial charge in [-0.05, 0) is 66.6 Å². The summed E-state index contributed by atoms with van der Waals surface area (Å²) in [4.78, 5) is 7.92. The fourth-order valence-corrected chi connectivity index (χ4v) is 4.08. The van der Waals surface area contributed by atoms with E-state index in [1.807, 2.05) is 13.0 Å². The predicted molar refractivity (Wildman–Crippen MR) is 107 cm³/mol. The Morgan fingerprint density at radius 3 is 2.57 bits per heavy atom. The monoisotopic (exact) mass is 384 g/mol. The van der Waals surface area contributed by atoms with Crippen molar-refractivity contribution in [1.29, 1.82) is 0 Å². The maximum absolute atomic E-state index is 13.4. The highest BCUT2D eigenvalue weighted by molar-refractivity contribution is 5.86. The van der Waals surface area contributed by atoms with E-state index in [0.717, 1.165) is 23.0 Å². The molecule has 2 nitrogen and oxygen atoms in total. The van der Waals surface area contributed by atoms with Gasteiger partial charge in [-0.25, -0.2) is 4.98 Å². The number of benzene rings is 2. The first-order chi connectivity index (χ1) is 13.4. The molecule has 1 aliphatic carbocycles. The lowest BCUT2D eigenvalue weighted by atomic mass is 9.89. The molecule has 0 bridgehead atoms. The van der Waals surface area contributed by atoms with Gasteiger partial charge in [0.2, 0.25) is 0 Å². The van der Waals surface area contributed by atoms with Gasteiger partial charge in [-0.1, -0.05) is 43.5 Å². The van der Waals surface area contributed by atoms with Gasteiger partial charge in [0, 0.05) is 0 Å². The SMILES string of the molecule is Cc1cc(-c2ccccc2C(F)(F)F)cc2nc(/C=C/C3CCCCC3)[nH]c12. The van der Waals surface area contributed by atoms with E-state index >= 15 is 0 Å². The number of aromatic nitrogens is 2. The zero-order chi connectivity index (χ0) is 19.7. The number of aromatic amines is 1. The molecule has 146 valence electrons. The topological polar surface area (TPSA) is 28.7 Å². The first-order valence-electron chi connectivity index (χ1n) is 9.77. The number of aryl methyl sites for hydroxylation is 1. The van der Waals surface area contributed by atoms with Gasteiger partial charge >= 0.3 is 6.18 Å². The van der Waals surface area contributed by atoms with Crippen LogP contribution in [0.5, 0.6) is 0 Å². The van der Waals surface area contributed by atoms with Crippen LogP contribution in [-0.4, -0.2) is 9.97 Å². The molecular formula is C23H23F3N2. The third-order valence-corrected chi connectivity index (χ3v) is 5.53. The van der Waals surface area contributed by atoms with Crippen LogP contribution in [0.3, 0.4) is 0 Å². The van der Waals surface area contributed by atoms with E-state index in [2.05, 4.69) is 16.0 Å². The van der Waals surface area contributed by atoms with E-state index in [9.17, 15) is 13.2 Å². The minimum absolute atomic E-state index is 0.183. The van der Waals surface area contributed by atoms with Crippen LogP contribution in [0.25, 0.3) is 28.2 Å². The van der Waals surface area contributed by atoms with Crippen LogP contribution >= 0.6 is 0 Å². The molecule has 1 aromatic heterocycles. The summed E-state index contributed by atoms with van der Waals surface area (Å²) in [7, 11) is 0. The normalized spacial score (nSPS) is 16.3. The van der Waals surface area contributed by atoms with E-state index in [4.69, 9.17) is 0 Å². The quantitative estimate of drug-likeness (QED) is 0.510. The third kappa shape index (κ3) is 3.84. The Hall–Kier alpha value is -2.56. The highest BCUT2D eigenvalue weighted by Gasteiger charge is 2.33. The Balaban J connectivity index is 1.71. The van der Waals surface area contributed by atoms with Crippen molar-refractivity contribution in [3.8, 4) is 11.1 Å². The smallest absolute Gasteiger partial charge is 0.338 e. The molecule has 0 atom stereocenters. The molecule has 1 fully saturated rings. The second-order valence-electron chi connectivity index (χ2n) is 7.61. The van der Waals surface area contributed by atoms with Crippen LogP contribution in [-0.2, 0) is 6.18 Å². The maximum atomic E-state index is 13.4. The number of H-pyrrole nitrogens is 1. The minimum Gasteiger partial charge on any atom is -0.338 e. The van der Waals surface area contributed by atoms with Crippen molar-refractivity contribution in [1.82, 2.24) is 9.97 Å². The molecule has 0 radical (unpaired) electrons. The van der Waals surface area contributed by atoms with Crippen LogP contribution in [0.4, 0.5) is 13.2 Å². The second kappa shape index (κ2) is 7.46. The summed E-state index contributed by atoms with van der Waals surface area (Å²) in [5.74, 6) is 1.35. The Labute approximate surface area is 162 Å². The lowest BCUT2D eigenvalue weighted by Gasteiger charge is -2.17. The molecule has 1 aliphatic rings. The lowest BCUT2D eigenvalue weighted by molar-refractivity contribution is -0.137. The van der Waals surface area contributed by atoms with Crippen molar-refractivity contribution in [2.75, 3.05) is 0 Å². The molecule has 0 spiro atoms. The molecule has 4 rings (SSSR count). The number of rotatable bonds is 3. The second-order valence-corrected chi connectivity index (χ2v) is 7.61. The number of alkyl halides is 3. The van der Waals surface area contributed by atoms with Crippen molar-refractivity contribution in [3.05, 3.63) is 59.4 Å². The van der Waals surface area contributed by atoms with E-state index in [-0.39, 0.29) is 5.56 Å². The number of nitrogens with one attached hydrogen (secondary N) is 1. The standard InChI is InChI=1S/C23H23F3N2/c1-15-13-17(18-9-5-6-10-19(18)23(24,25)26)14-20-22(15)28-21(27-20)12-11-16-7-3-2-4-8-16/h5-6,9-14,16H,2-4,7-8H2,1H3,(H,27,28)/b12-11+. The van der Waals surface area contributed by atoms with Gasteiger partial charge in [0.15, 0.2) is 0 Å². The average molecular weight is 384 g/mol. The van der Waals surface area contributed by atoms with Gasteiger partial charge in [-0.15, -0.1) is 0 Å². The Bertz CT molecular complexity index is 1010. The average Bonchev–Trinajstić information content (AvgIpc) is 3.10. The van der Waals surface area contributed by atoms with Crippen molar-refractivity contribution in [2.24, 2.45) is 5.92 Å². The zero-order valence-corrected chi connectivity index (χ0v) is 15.8. The summed E-state index contributed by atoms with van der Waals surface area (Å²) in [5.41, 5.74) is 2.54. The summed E-state index contributed by atoms with van der Waals surface area (Å²) >= 11 is 0. The number of imidazole rings is 1. The summed E-state index contributed by atoms with van der Waals surface area (Å²) in [6, 6.07) is 9.21. The van der Waals surface area contributed by atoms with Gasteiger partial charge in [0.25, 0.3) is 0 Å². The summed E-state index contributed by atoms with van der Waals surface area (Å²) in [6.45, 7) is 1.90. The molecule has 0 amide bonds. The number of hydrogen-bond acceptors (Lipinski definition) is 1. The van der Waals surface area contributed by atoms with Crippen molar-refractivity contribution >= 4 is 17.1 Å². The van der Waals surface area contributed by atoms with Gasteiger partial charge in [0.05, 0.1) is 16.6 Å².